The van der Waals surface area contributed by atoms with Gasteiger partial charge < -0.3 is 10.6 Å². The van der Waals surface area contributed by atoms with Crippen molar-refractivity contribution in [1.29, 1.82) is 0 Å². The van der Waals surface area contributed by atoms with Crippen LogP contribution in [0.2, 0.25) is 10.0 Å². The molecule has 3 rings (SSSR count). The maximum absolute atomic E-state index is 14.0. The first-order chi connectivity index (χ1) is 12.8. The van der Waals surface area contributed by atoms with E-state index in [0.717, 1.165) is 16.8 Å². The van der Waals surface area contributed by atoms with E-state index in [1.807, 2.05) is 32.0 Å². The van der Waals surface area contributed by atoms with Crippen LogP contribution in [0.3, 0.4) is 0 Å². The Balaban J connectivity index is 1.73. The fourth-order valence-corrected chi connectivity index (χ4v) is 3.18. The number of thiocarbonyl (C=S) groups is 1. The SMILES string of the molecule is Cc1cccc(NC(=S)Nc2nn(Cc3c(F)cccc3Cl)cc2Cl)c1C. The maximum atomic E-state index is 14.0. The first kappa shape index (κ1) is 19.6. The van der Waals surface area contributed by atoms with Crippen molar-refractivity contribution < 1.29 is 4.39 Å². The summed E-state index contributed by atoms with van der Waals surface area (Å²) >= 11 is 17.7. The molecule has 0 aliphatic carbocycles. The monoisotopic (exact) mass is 422 g/mol. The predicted octanol–water partition coefficient (Wildman–Crippen LogP) is 5.80. The standard InChI is InChI=1S/C19H17Cl2FN4S/c1-11-5-3-8-17(12(11)2)23-19(27)24-18-15(21)10-26(25-18)9-13-14(20)6-4-7-16(13)22/h3-8,10H,9H2,1-2H3,(H2,23,24,25,27). The van der Waals surface area contributed by atoms with E-state index in [2.05, 4.69) is 15.7 Å². The van der Waals surface area contributed by atoms with E-state index in [1.54, 1.807) is 18.3 Å². The van der Waals surface area contributed by atoms with E-state index >= 15 is 0 Å². The van der Waals surface area contributed by atoms with Gasteiger partial charge in [-0.2, -0.15) is 5.10 Å². The molecule has 3 aromatic rings. The van der Waals surface area contributed by atoms with Crippen molar-refractivity contribution in [3.63, 3.8) is 0 Å². The predicted molar refractivity (Wildman–Crippen MR) is 114 cm³/mol. The lowest BCUT2D eigenvalue weighted by Gasteiger charge is -2.12. The van der Waals surface area contributed by atoms with Crippen molar-refractivity contribution in [2.45, 2.75) is 20.4 Å². The second-order valence-corrected chi connectivity index (χ2v) is 7.27. The quantitative estimate of drug-likeness (QED) is 0.521. The molecule has 0 bridgehead atoms. The summed E-state index contributed by atoms with van der Waals surface area (Å²) in [5.41, 5.74) is 3.52. The lowest BCUT2D eigenvalue weighted by Crippen LogP contribution is -2.20. The molecule has 0 fully saturated rings. The lowest BCUT2D eigenvalue weighted by atomic mass is 10.1. The Morgan fingerprint density at radius 3 is 2.59 bits per heavy atom. The van der Waals surface area contributed by atoms with Gasteiger partial charge in [0.2, 0.25) is 0 Å². The van der Waals surface area contributed by atoms with Crippen LogP contribution in [-0.2, 0) is 6.54 Å². The van der Waals surface area contributed by atoms with Crippen LogP contribution in [0.1, 0.15) is 16.7 Å². The van der Waals surface area contributed by atoms with E-state index in [1.165, 1.54) is 10.7 Å². The first-order valence-corrected chi connectivity index (χ1v) is 9.31. The van der Waals surface area contributed by atoms with Crippen molar-refractivity contribution in [2.75, 3.05) is 10.6 Å². The largest absolute Gasteiger partial charge is 0.332 e. The Morgan fingerprint density at radius 2 is 1.85 bits per heavy atom. The lowest BCUT2D eigenvalue weighted by molar-refractivity contribution is 0.586. The highest BCUT2D eigenvalue weighted by Gasteiger charge is 2.13. The number of nitrogens with zero attached hydrogens (tertiary/aromatic N) is 2. The minimum Gasteiger partial charge on any atom is -0.332 e. The molecule has 0 radical (unpaired) electrons. The Kier molecular flexibility index (Phi) is 5.99. The molecule has 0 saturated carbocycles. The summed E-state index contributed by atoms with van der Waals surface area (Å²) in [5.74, 6) is -0.0114. The summed E-state index contributed by atoms with van der Waals surface area (Å²) in [6, 6.07) is 10.5. The molecule has 0 saturated heterocycles. The van der Waals surface area contributed by atoms with Crippen LogP contribution >= 0.6 is 35.4 Å². The molecule has 140 valence electrons. The summed E-state index contributed by atoms with van der Waals surface area (Å²) in [4.78, 5) is 0. The summed E-state index contributed by atoms with van der Waals surface area (Å²) in [5, 5.41) is 11.5. The highest BCUT2D eigenvalue weighted by Crippen LogP contribution is 2.24. The molecular formula is C19H17Cl2FN4S. The number of hydrogen-bond donors (Lipinski definition) is 2. The maximum Gasteiger partial charge on any atom is 0.176 e. The van der Waals surface area contributed by atoms with Gasteiger partial charge in [0, 0.05) is 22.5 Å². The number of halogens is 3. The van der Waals surface area contributed by atoms with Gasteiger partial charge in [0.15, 0.2) is 10.9 Å². The Morgan fingerprint density at radius 1 is 1.11 bits per heavy atom. The van der Waals surface area contributed by atoms with Gasteiger partial charge in [0.25, 0.3) is 0 Å². The third-order valence-electron chi connectivity index (χ3n) is 4.18. The molecule has 0 aliphatic rings. The number of benzene rings is 2. The summed E-state index contributed by atoms with van der Waals surface area (Å²) in [7, 11) is 0. The molecule has 1 heterocycles. The third kappa shape index (κ3) is 4.58. The Labute approximate surface area is 172 Å². The number of rotatable bonds is 4. The minimum atomic E-state index is -0.393. The number of anilines is 2. The van der Waals surface area contributed by atoms with Gasteiger partial charge in [-0.05, 0) is 55.4 Å². The second-order valence-electron chi connectivity index (χ2n) is 6.05. The Hall–Kier alpha value is -2.15. The number of hydrogen-bond acceptors (Lipinski definition) is 2. The highest BCUT2D eigenvalue weighted by molar-refractivity contribution is 7.80. The van der Waals surface area contributed by atoms with Crippen LogP contribution in [0.25, 0.3) is 0 Å². The topological polar surface area (TPSA) is 41.9 Å². The van der Waals surface area contributed by atoms with Crippen LogP contribution in [0.15, 0.2) is 42.6 Å². The molecule has 0 amide bonds. The van der Waals surface area contributed by atoms with Crippen LogP contribution in [-0.4, -0.2) is 14.9 Å². The van der Waals surface area contributed by atoms with Crippen molar-refractivity contribution in [2.24, 2.45) is 0 Å². The minimum absolute atomic E-state index is 0.157. The number of aromatic nitrogens is 2. The van der Waals surface area contributed by atoms with Crippen molar-refractivity contribution >= 4 is 52.0 Å². The highest BCUT2D eigenvalue weighted by atomic mass is 35.5. The Bertz CT molecular complexity index is 983. The molecular weight excluding hydrogens is 406 g/mol. The first-order valence-electron chi connectivity index (χ1n) is 8.15. The van der Waals surface area contributed by atoms with Crippen molar-refractivity contribution in [3.8, 4) is 0 Å². The van der Waals surface area contributed by atoms with Gasteiger partial charge in [-0.3, -0.25) is 4.68 Å². The van der Waals surface area contributed by atoms with Crippen LogP contribution in [0, 0.1) is 19.7 Å². The third-order valence-corrected chi connectivity index (χ3v) is 5.02. The normalized spacial score (nSPS) is 10.7. The van der Waals surface area contributed by atoms with Gasteiger partial charge in [0.1, 0.15) is 10.8 Å². The molecule has 0 spiro atoms. The van der Waals surface area contributed by atoms with E-state index < -0.39 is 5.82 Å². The molecule has 0 aliphatic heterocycles. The van der Waals surface area contributed by atoms with Gasteiger partial charge >= 0.3 is 0 Å². The second kappa shape index (κ2) is 8.25. The average molecular weight is 423 g/mol. The van der Waals surface area contributed by atoms with Gasteiger partial charge in [0.05, 0.1) is 6.54 Å². The summed E-state index contributed by atoms with van der Waals surface area (Å²) in [6.45, 7) is 4.20. The zero-order chi connectivity index (χ0) is 19.6. The van der Waals surface area contributed by atoms with Gasteiger partial charge in [-0.15, -0.1) is 0 Å². The van der Waals surface area contributed by atoms with E-state index in [9.17, 15) is 4.39 Å². The van der Waals surface area contributed by atoms with Crippen LogP contribution < -0.4 is 10.6 Å². The fourth-order valence-electron chi connectivity index (χ4n) is 2.56. The average Bonchev–Trinajstić information content (AvgIpc) is 2.95. The van der Waals surface area contributed by atoms with Crippen molar-refractivity contribution in [3.05, 3.63) is 75.1 Å². The zero-order valence-corrected chi connectivity index (χ0v) is 17.0. The zero-order valence-electron chi connectivity index (χ0n) is 14.7. The molecule has 1 aromatic heterocycles. The molecule has 2 N–H and O–H groups in total. The smallest absolute Gasteiger partial charge is 0.176 e. The van der Waals surface area contributed by atoms with Crippen LogP contribution in [0.4, 0.5) is 15.9 Å². The molecule has 8 heteroatoms. The van der Waals surface area contributed by atoms with Crippen molar-refractivity contribution in [1.82, 2.24) is 9.78 Å². The van der Waals surface area contributed by atoms with E-state index in [0.29, 0.717) is 26.5 Å². The fraction of sp³-hybridized carbons (Fsp3) is 0.158. The molecule has 27 heavy (non-hydrogen) atoms. The number of nitrogens with one attached hydrogen (secondary N) is 2. The molecule has 2 aromatic carbocycles. The van der Waals surface area contributed by atoms with E-state index in [-0.39, 0.29) is 6.54 Å². The summed E-state index contributed by atoms with van der Waals surface area (Å²) < 4.78 is 15.5. The van der Waals surface area contributed by atoms with Gasteiger partial charge in [-0.25, -0.2) is 4.39 Å². The van der Waals surface area contributed by atoms with Gasteiger partial charge in [-0.1, -0.05) is 41.4 Å². The molecule has 0 atom stereocenters. The molecule has 4 nitrogen and oxygen atoms in total. The number of aryl methyl sites for hydroxylation is 1. The summed E-state index contributed by atoms with van der Waals surface area (Å²) in [6.07, 6.45) is 1.59. The van der Waals surface area contributed by atoms with E-state index in [4.69, 9.17) is 35.4 Å². The van der Waals surface area contributed by atoms with Crippen LogP contribution in [0.5, 0.6) is 0 Å². The molecule has 0 unspecified atom stereocenters.